The van der Waals surface area contributed by atoms with E-state index in [4.69, 9.17) is 0 Å². The first-order chi connectivity index (χ1) is 7.12. The number of hydrogen-bond acceptors (Lipinski definition) is 1. The zero-order chi connectivity index (χ0) is 10.9. The first kappa shape index (κ1) is 10.7. The molecule has 1 N–H and O–H groups in total. The molecule has 2 atom stereocenters. The van der Waals surface area contributed by atoms with E-state index in [1.807, 2.05) is 0 Å². The topological polar surface area (TPSA) is 20.2 Å². The summed E-state index contributed by atoms with van der Waals surface area (Å²) >= 11 is 0. The van der Waals surface area contributed by atoms with Crippen molar-refractivity contribution in [1.82, 2.24) is 0 Å². The molecule has 0 aliphatic heterocycles. The zero-order valence-electron chi connectivity index (χ0n) is 9.66. The number of aliphatic hydroxyl groups is 1. The van der Waals surface area contributed by atoms with E-state index in [0.29, 0.717) is 5.92 Å². The van der Waals surface area contributed by atoms with E-state index in [9.17, 15) is 5.11 Å². The lowest BCUT2D eigenvalue weighted by Crippen LogP contribution is -2.34. The van der Waals surface area contributed by atoms with Gasteiger partial charge in [-0.05, 0) is 36.8 Å². The fourth-order valence-electron chi connectivity index (χ4n) is 2.63. The molecule has 1 heteroatoms. The van der Waals surface area contributed by atoms with Crippen LogP contribution in [-0.2, 0) is 6.42 Å². The van der Waals surface area contributed by atoms with E-state index in [2.05, 4.69) is 38.1 Å². The Kier molecular flexibility index (Phi) is 2.83. The van der Waals surface area contributed by atoms with Crippen molar-refractivity contribution in [3.05, 3.63) is 35.4 Å². The van der Waals surface area contributed by atoms with E-state index in [-0.39, 0.29) is 0 Å². The van der Waals surface area contributed by atoms with E-state index in [0.717, 1.165) is 12.8 Å². The Morgan fingerprint density at radius 2 is 2.13 bits per heavy atom. The lowest BCUT2D eigenvalue weighted by atomic mass is 9.85. The summed E-state index contributed by atoms with van der Waals surface area (Å²) in [6.07, 6.45) is 4.12. The van der Waals surface area contributed by atoms with Gasteiger partial charge in [0.25, 0.3) is 0 Å². The van der Waals surface area contributed by atoms with Gasteiger partial charge in [-0.2, -0.15) is 0 Å². The van der Waals surface area contributed by atoms with E-state index in [1.54, 1.807) is 0 Å². The second-order valence-electron chi connectivity index (χ2n) is 5.00. The van der Waals surface area contributed by atoms with Gasteiger partial charge < -0.3 is 5.11 Å². The Hall–Kier alpha value is -0.820. The summed E-state index contributed by atoms with van der Waals surface area (Å²) < 4.78 is 0. The van der Waals surface area contributed by atoms with Crippen molar-refractivity contribution in [2.24, 2.45) is 5.92 Å². The van der Waals surface area contributed by atoms with Crippen molar-refractivity contribution in [2.45, 2.75) is 45.1 Å². The summed E-state index contributed by atoms with van der Waals surface area (Å²) in [6.45, 7) is 4.30. The molecule has 0 spiro atoms. The van der Waals surface area contributed by atoms with Crippen molar-refractivity contribution in [2.75, 3.05) is 0 Å². The van der Waals surface area contributed by atoms with Crippen molar-refractivity contribution in [1.29, 1.82) is 0 Å². The monoisotopic (exact) mass is 204 g/mol. The molecule has 1 aliphatic carbocycles. The quantitative estimate of drug-likeness (QED) is 0.785. The Bertz CT molecular complexity index is 345. The third-order valence-electron chi connectivity index (χ3n) is 3.92. The highest BCUT2D eigenvalue weighted by molar-refractivity contribution is 5.27. The van der Waals surface area contributed by atoms with Crippen LogP contribution >= 0.6 is 0 Å². The predicted octanol–water partition coefficient (Wildman–Crippen LogP) is 3.09. The third-order valence-corrected chi connectivity index (χ3v) is 3.92. The van der Waals surface area contributed by atoms with Crippen LogP contribution in [-0.4, -0.2) is 10.7 Å². The summed E-state index contributed by atoms with van der Waals surface area (Å²) in [5.41, 5.74) is 2.14. The molecule has 0 aromatic heterocycles. The van der Waals surface area contributed by atoms with Gasteiger partial charge in [0, 0.05) is 6.42 Å². The highest BCUT2D eigenvalue weighted by atomic mass is 16.3. The fraction of sp³-hybridized carbons (Fsp3) is 0.571. The zero-order valence-corrected chi connectivity index (χ0v) is 9.66. The Balaban J connectivity index is 2.18. The maximum atomic E-state index is 10.5. The minimum absolute atomic E-state index is 0.442. The third kappa shape index (κ3) is 2.07. The van der Waals surface area contributed by atoms with Crippen LogP contribution in [0, 0.1) is 12.8 Å². The van der Waals surface area contributed by atoms with Crippen molar-refractivity contribution < 1.29 is 5.11 Å². The Morgan fingerprint density at radius 1 is 1.40 bits per heavy atom. The van der Waals surface area contributed by atoms with Crippen molar-refractivity contribution in [3.63, 3.8) is 0 Å². The van der Waals surface area contributed by atoms with Crippen LogP contribution in [0.5, 0.6) is 0 Å². The standard InChI is InChI=1S/C14H20O/c1-11-6-3-4-8-13(11)10-14(15)9-5-7-12(14)2/h3-4,6,8,12,15H,5,7,9-10H2,1-2H3. The molecule has 0 saturated heterocycles. The molecule has 1 nitrogen and oxygen atoms in total. The average molecular weight is 204 g/mol. The molecule has 1 saturated carbocycles. The highest BCUT2D eigenvalue weighted by Gasteiger charge is 2.38. The molecule has 1 aliphatic rings. The lowest BCUT2D eigenvalue weighted by Gasteiger charge is -2.28. The van der Waals surface area contributed by atoms with Gasteiger partial charge in [-0.1, -0.05) is 37.6 Å². The molecule has 1 aromatic rings. The van der Waals surface area contributed by atoms with Crippen LogP contribution in [0.2, 0.25) is 0 Å². The normalized spacial score (nSPS) is 30.7. The van der Waals surface area contributed by atoms with Crippen LogP contribution in [0.15, 0.2) is 24.3 Å². The van der Waals surface area contributed by atoms with Gasteiger partial charge in [-0.3, -0.25) is 0 Å². The SMILES string of the molecule is Cc1ccccc1CC1(O)CCCC1C. The van der Waals surface area contributed by atoms with Gasteiger partial charge in [-0.25, -0.2) is 0 Å². The summed E-state index contributed by atoms with van der Waals surface area (Å²) in [7, 11) is 0. The molecule has 15 heavy (non-hydrogen) atoms. The molecule has 2 unspecified atom stereocenters. The van der Waals surface area contributed by atoms with Gasteiger partial charge in [0.05, 0.1) is 5.60 Å². The largest absolute Gasteiger partial charge is 0.389 e. The molecule has 2 rings (SSSR count). The molecule has 0 amide bonds. The summed E-state index contributed by atoms with van der Waals surface area (Å²) in [4.78, 5) is 0. The van der Waals surface area contributed by atoms with E-state index < -0.39 is 5.60 Å². The number of aryl methyl sites for hydroxylation is 1. The van der Waals surface area contributed by atoms with E-state index in [1.165, 1.54) is 24.0 Å². The van der Waals surface area contributed by atoms with Gasteiger partial charge in [0.1, 0.15) is 0 Å². The second-order valence-corrected chi connectivity index (χ2v) is 5.00. The Labute approximate surface area is 92.1 Å². The molecule has 82 valence electrons. The van der Waals surface area contributed by atoms with Crippen molar-refractivity contribution in [3.8, 4) is 0 Å². The van der Waals surface area contributed by atoms with E-state index >= 15 is 0 Å². The molecule has 1 fully saturated rings. The lowest BCUT2D eigenvalue weighted by molar-refractivity contribution is 0.00946. The smallest absolute Gasteiger partial charge is 0.0713 e. The molecule has 0 bridgehead atoms. The molecular formula is C14H20O. The highest BCUT2D eigenvalue weighted by Crippen LogP contribution is 2.38. The molecular weight excluding hydrogens is 184 g/mol. The predicted molar refractivity (Wildman–Crippen MR) is 62.8 cm³/mol. The summed E-state index contributed by atoms with van der Waals surface area (Å²) in [6, 6.07) is 8.38. The van der Waals surface area contributed by atoms with Crippen LogP contribution in [0.3, 0.4) is 0 Å². The van der Waals surface area contributed by atoms with Gasteiger partial charge in [0.2, 0.25) is 0 Å². The fourth-order valence-corrected chi connectivity index (χ4v) is 2.63. The molecule has 0 radical (unpaired) electrons. The summed E-state index contributed by atoms with van der Waals surface area (Å²) in [5, 5.41) is 10.5. The minimum atomic E-state index is -0.452. The maximum Gasteiger partial charge on any atom is 0.0713 e. The minimum Gasteiger partial charge on any atom is -0.389 e. The Morgan fingerprint density at radius 3 is 2.73 bits per heavy atom. The van der Waals surface area contributed by atoms with Gasteiger partial charge >= 0.3 is 0 Å². The maximum absolute atomic E-state index is 10.5. The average Bonchev–Trinajstić information content (AvgIpc) is 2.51. The number of hydrogen-bond donors (Lipinski definition) is 1. The summed E-state index contributed by atoms with van der Waals surface area (Å²) in [5.74, 6) is 0.442. The van der Waals surface area contributed by atoms with Crippen LogP contribution in [0.4, 0.5) is 0 Å². The van der Waals surface area contributed by atoms with Crippen LogP contribution in [0.1, 0.15) is 37.3 Å². The molecule has 0 heterocycles. The van der Waals surface area contributed by atoms with Crippen LogP contribution < -0.4 is 0 Å². The molecule has 1 aromatic carbocycles. The van der Waals surface area contributed by atoms with Crippen molar-refractivity contribution >= 4 is 0 Å². The first-order valence-corrected chi connectivity index (χ1v) is 5.89. The van der Waals surface area contributed by atoms with Gasteiger partial charge in [0.15, 0.2) is 0 Å². The number of benzene rings is 1. The van der Waals surface area contributed by atoms with Crippen LogP contribution in [0.25, 0.3) is 0 Å². The second kappa shape index (κ2) is 3.97. The number of rotatable bonds is 2. The first-order valence-electron chi connectivity index (χ1n) is 5.89. The van der Waals surface area contributed by atoms with Gasteiger partial charge in [-0.15, -0.1) is 0 Å².